The molecule has 0 aliphatic carbocycles. The highest BCUT2D eigenvalue weighted by atomic mass is 16.6. The minimum Gasteiger partial charge on any atom is -0.493 e. The molecule has 1 rings (SSSR count). The summed E-state index contributed by atoms with van der Waals surface area (Å²) in [5, 5.41) is 0. The number of nitrogens with one attached hydrogen (secondary N) is 1. The molecule has 0 radical (unpaired) electrons. The zero-order valence-corrected chi connectivity index (χ0v) is 9.57. The maximum Gasteiger partial charge on any atom is 0.281 e. The van der Waals surface area contributed by atoms with Crippen LogP contribution in [0.15, 0.2) is 18.2 Å². The first kappa shape index (κ1) is 12.3. The molecule has 0 aliphatic heterocycles. The zero-order valence-electron chi connectivity index (χ0n) is 9.57. The van der Waals surface area contributed by atoms with E-state index >= 15 is 0 Å². The topological polar surface area (TPSA) is 56.8 Å². The van der Waals surface area contributed by atoms with Crippen molar-refractivity contribution in [2.75, 3.05) is 20.8 Å². The van der Waals surface area contributed by atoms with Gasteiger partial charge in [-0.1, -0.05) is 6.07 Å². The highest BCUT2D eigenvalue weighted by molar-refractivity contribution is 5.76. The van der Waals surface area contributed by atoms with E-state index in [1.54, 1.807) is 13.2 Å². The SMILES string of the molecule is CONC(=O)COc1ccc(C)cc1OC. The van der Waals surface area contributed by atoms with Gasteiger partial charge in [0.25, 0.3) is 5.91 Å². The molecule has 0 spiro atoms. The van der Waals surface area contributed by atoms with Gasteiger partial charge in [0.1, 0.15) is 0 Å². The van der Waals surface area contributed by atoms with E-state index in [1.165, 1.54) is 7.11 Å². The Hall–Kier alpha value is -1.75. The van der Waals surface area contributed by atoms with Crippen LogP contribution in [0.25, 0.3) is 0 Å². The quantitative estimate of drug-likeness (QED) is 0.761. The lowest BCUT2D eigenvalue weighted by Gasteiger charge is -2.10. The van der Waals surface area contributed by atoms with Gasteiger partial charge in [-0.25, -0.2) is 5.48 Å². The van der Waals surface area contributed by atoms with E-state index in [0.717, 1.165) is 5.56 Å². The molecule has 0 atom stereocenters. The second-order valence-electron chi connectivity index (χ2n) is 3.17. The van der Waals surface area contributed by atoms with E-state index in [9.17, 15) is 4.79 Å². The summed E-state index contributed by atoms with van der Waals surface area (Å²) >= 11 is 0. The summed E-state index contributed by atoms with van der Waals surface area (Å²) in [6, 6.07) is 5.48. The smallest absolute Gasteiger partial charge is 0.281 e. The van der Waals surface area contributed by atoms with Gasteiger partial charge in [0.15, 0.2) is 18.1 Å². The molecule has 0 fully saturated rings. The summed E-state index contributed by atoms with van der Waals surface area (Å²) in [6.45, 7) is 1.83. The predicted molar refractivity (Wildman–Crippen MR) is 58.4 cm³/mol. The van der Waals surface area contributed by atoms with E-state index in [1.807, 2.05) is 19.1 Å². The fourth-order valence-corrected chi connectivity index (χ4v) is 1.18. The molecule has 0 unspecified atom stereocenters. The van der Waals surface area contributed by atoms with E-state index in [2.05, 4.69) is 10.3 Å². The molecule has 0 heterocycles. The zero-order chi connectivity index (χ0) is 12.0. The highest BCUT2D eigenvalue weighted by Gasteiger charge is 2.07. The molecular formula is C11H15NO4. The molecule has 16 heavy (non-hydrogen) atoms. The monoisotopic (exact) mass is 225 g/mol. The number of hydrogen-bond acceptors (Lipinski definition) is 4. The summed E-state index contributed by atoms with van der Waals surface area (Å²) in [5.74, 6) is 0.773. The van der Waals surface area contributed by atoms with Gasteiger partial charge in [0.2, 0.25) is 0 Å². The van der Waals surface area contributed by atoms with Gasteiger partial charge in [-0.3, -0.25) is 9.63 Å². The van der Waals surface area contributed by atoms with Crippen molar-refractivity contribution in [3.05, 3.63) is 23.8 Å². The largest absolute Gasteiger partial charge is 0.493 e. The fourth-order valence-electron chi connectivity index (χ4n) is 1.18. The Balaban J connectivity index is 2.63. The highest BCUT2D eigenvalue weighted by Crippen LogP contribution is 2.27. The van der Waals surface area contributed by atoms with Gasteiger partial charge in [0.05, 0.1) is 14.2 Å². The van der Waals surface area contributed by atoms with Crippen LogP contribution in [0.5, 0.6) is 11.5 Å². The second kappa shape index (κ2) is 5.97. The predicted octanol–water partition coefficient (Wildman–Crippen LogP) is 1.06. The molecular weight excluding hydrogens is 210 g/mol. The fraction of sp³-hybridized carbons (Fsp3) is 0.364. The number of hydroxylamine groups is 1. The van der Waals surface area contributed by atoms with Crippen molar-refractivity contribution in [1.82, 2.24) is 5.48 Å². The molecule has 0 aliphatic rings. The minimum atomic E-state index is -0.356. The Kier molecular flexibility index (Phi) is 4.60. The van der Waals surface area contributed by atoms with Gasteiger partial charge < -0.3 is 9.47 Å². The Morgan fingerprint density at radius 1 is 1.31 bits per heavy atom. The van der Waals surface area contributed by atoms with Crippen molar-refractivity contribution < 1.29 is 19.1 Å². The molecule has 0 aromatic heterocycles. The van der Waals surface area contributed by atoms with E-state index in [-0.39, 0.29) is 12.5 Å². The van der Waals surface area contributed by atoms with Crippen LogP contribution in [0.4, 0.5) is 0 Å². The number of ether oxygens (including phenoxy) is 2. The average molecular weight is 225 g/mol. The normalized spacial score (nSPS) is 9.69. The van der Waals surface area contributed by atoms with Crippen molar-refractivity contribution in [3.63, 3.8) is 0 Å². The van der Waals surface area contributed by atoms with Gasteiger partial charge in [-0.2, -0.15) is 0 Å². The number of rotatable bonds is 5. The first-order valence-corrected chi connectivity index (χ1v) is 4.76. The van der Waals surface area contributed by atoms with E-state index in [0.29, 0.717) is 11.5 Å². The van der Waals surface area contributed by atoms with E-state index < -0.39 is 0 Å². The number of carbonyl (C=O) groups is 1. The molecule has 1 aromatic carbocycles. The lowest BCUT2D eigenvalue weighted by Crippen LogP contribution is -2.27. The van der Waals surface area contributed by atoms with Gasteiger partial charge in [-0.15, -0.1) is 0 Å². The molecule has 1 amide bonds. The van der Waals surface area contributed by atoms with Crippen molar-refractivity contribution in [2.24, 2.45) is 0 Å². The summed E-state index contributed by atoms with van der Waals surface area (Å²) in [4.78, 5) is 15.5. The Labute approximate surface area is 94.3 Å². The third kappa shape index (κ3) is 3.43. The van der Waals surface area contributed by atoms with Crippen LogP contribution >= 0.6 is 0 Å². The Bertz CT molecular complexity index is 365. The second-order valence-corrected chi connectivity index (χ2v) is 3.17. The average Bonchev–Trinajstić information content (AvgIpc) is 2.27. The number of methoxy groups -OCH3 is 1. The Morgan fingerprint density at radius 3 is 2.69 bits per heavy atom. The first-order valence-electron chi connectivity index (χ1n) is 4.76. The first-order chi connectivity index (χ1) is 7.67. The van der Waals surface area contributed by atoms with Crippen LogP contribution in [0.2, 0.25) is 0 Å². The lowest BCUT2D eigenvalue weighted by molar-refractivity contribution is -0.133. The molecule has 0 saturated carbocycles. The van der Waals surface area contributed by atoms with Gasteiger partial charge in [0, 0.05) is 0 Å². The number of hydrogen-bond donors (Lipinski definition) is 1. The summed E-state index contributed by atoms with van der Waals surface area (Å²) in [5.41, 5.74) is 3.22. The molecule has 1 N–H and O–H groups in total. The standard InChI is InChI=1S/C11H15NO4/c1-8-4-5-9(10(6-8)14-2)16-7-11(13)12-15-3/h4-6H,7H2,1-3H3,(H,12,13). The van der Waals surface area contributed by atoms with Crippen molar-refractivity contribution in [3.8, 4) is 11.5 Å². The summed E-state index contributed by atoms with van der Waals surface area (Å²) in [6.07, 6.45) is 0. The van der Waals surface area contributed by atoms with Crippen LogP contribution in [0.1, 0.15) is 5.56 Å². The van der Waals surface area contributed by atoms with Gasteiger partial charge >= 0.3 is 0 Å². The molecule has 5 nitrogen and oxygen atoms in total. The van der Waals surface area contributed by atoms with Crippen molar-refractivity contribution in [1.29, 1.82) is 0 Å². The molecule has 0 saturated heterocycles. The maximum atomic E-state index is 11.1. The molecule has 5 heteroatoms. The van der Waals surface area contributed by atoms with Crippen LogP contribution in [0, 0.1) is 6.92 Å². The number of aryl methyl sites for hydroxylation is 1. The van der Waals surface area contributed by atoms with Crippen LogP contribution in [-0.2, 0) is 9.63 Å². The third-order valence-corrected chi connectivity index (χ3v) is 1.89. The van der Waals surface area contributed by atoms with Crippen LogP contribution in [-0.4, -0.2) is 26.7 Å². The van der Waals surface area contributed by atoms with Crippen LogP contribution < -0.4 is 15.0 Å². The summed E-state index contributed by atoms with van der Waals surface area (Å²) < 4.78 is 10.4. The summed E-state index contributed by atoms with van der Waals surface area (Å²) in [7, 11) is 2.92. The number of carbonyl (C=O) groups excluding carboxylic acids is 1. The third-order valence-electron chi connectivity index (χ3n) is 1.89. The van der Waals surface area contributed by atoms with E-state index in [4.69, 9.17) is 9.47 Å². The molecule has 0 bridgehead atoms. The lowest BCUT2D eigenvalue weighted by atomic mass is 10.2. The van der Waals surface area contributed by atoms with Crippen molar-refractivity contribution >= 4 is 5.91 Å². The molecule has 1 aromatic rings. The van der Waals surface area contributed by atoms with Crippen molar-refractivity contribution in [2.45, 2.75) is 6.92 Å². The molecule has 88 valence electrons. The van der Waals surface area contributed by atoms with Gasteiger partial charge in [-0.05, 0) is 24.6 Å². The number of amides is 1. The number of benzene rings is 1. The minimum absolute atomic E-state index is 0.118. The Morgan fingerprint density at radius 2 is 2.06 bits per heavy atom. The van der Waals surface area contributed by atoms with Crippen LogP contribution in [0.3, 0.4) is 0 Å². The maximum absolute atomic E-state index is 11.1.